The van der Waals surface area contributed by atoms with Gasteiger partial charge in [-0.3, -0.25) is 0 Å². The van der Waals surface area contributed by atoms with Gasteiger partial charge in [0.25, 0.3) is 0 Å². The zero-order chi connectivity index (χ0) is 57.5. The van der Waals surface area contributed by atoms with E-state index in [2.05, 4.69) is 5.32 Å². The summed E-state index contributed by atoms with van der Waals surface area (Å²) in [7, 11) is 0. The van der Waals surface area contributed by atoms with Crippen LogP contribution in [0.2, 0.25) is 0 Å². The fourth-order valence-corrected chi connectivity index (χ4v) is 10.7. The predicted molar refractivity (Wildman–Crippen MR) is 237 cm³/mol. The van der Waals surface area contributed by atoms with E-state index in [4.69, 9.17) is 52.1 Å². The molecule has 0 spiro atoms. The number of rotatable bonds is 18. The molecule has 7 rings (SSSR count). The molecule has 0 radical (unpaired) electrons. The average molecular weight is 1150 g/mol. The molecule has 2 unspecified atom stereocenters. The molecule has 1 aliphatic carbocycles. The first-order valence-electron chi connectivity index (χ1n) is 25.1. The van der Waals surface area contributed by atoms with Crippen LogP contribution in [-0.4, -0.2) is 372 Å². The minimum atomic E-state index is -2.18. The third-order valence-corrected chi connectivity index (χ3v) is 15.3. The lowest BCUT2D eigenvalue weighted by Crippen LogP contribution is -2.73. The first-order valence-corrected chi connectivity index (χ1v) is 25.1. The van der Waals surface area contributed by atoms with E-state index in [0.717, 1.165) is 0 Å². The van der Waals surface area contributed by atoms with Gasteiger partial charge >= 0.3 is 0 Å². The van der Waals surface area contributed by atoms with Crippen molar-refractivity contribution in [3.63, 3.8) is 0 Å². The van der Waals surface area contributed by atoms with Crippen molar-refractivity contribution >= 4 is 0 Å². The van der Waals surface area contributed by atoms with Crippen molar-refractivity contribution < 1.29 is 170 Å². The highest BCUT2D eigenvalue weighted by Crippen LogP contribution is 2.38. The summed E-state index contributed by atoms with van der Waals surface area (Å²) in [5.41, 5.74) is 0. The molecular weight excluding hydrogens is 1070 g/mol. The Hall–Kier alpha value is -1.40. The second-order valence-electron chi connectivity index (χ2n) is 20.3. The lowest BCUT2D eigenvalue weighted by atomic mass is 9.76. The average Bonchev–Trinajstić information content (AvgIpc) is 3.44. The fourth-order valence-electron chi connectivity index (χ4n) is 10.7. The van der Waals surface area contributed by atoms with Crippen LogP contribution in [0.1, 0.15) is 6.92 Å². The Balaban J connectivity index is 0.945. The third kappa shape index (κ3) is 12.7. The van der Waals surface area contributed by atoms with Crippen LogP contribution in [0.25, 0.3) is 0 Å². The van der Waals surface area contributed by atoms with Crippen molar-refractivity contribution in [3.05, 3.63) is 0 Å². The van der Waals surface area contributed by atoms with Crippen LogP contribution < -0.4 is 5.32 Å². The van der Waals surface area contributed by atoms with E-state index in [1.807, 2.05) is 0 Å². The van der Waals surface area contributed by atoms with E-state index >= 15 is 0 Å². The molecule has 456 valence electrons. The molecule has 6 saturated heterocycles. The van der Waals surface area contributed by atoms with Gasteiger partial charge in [0.15, 0.2) is 37.7 Å². The van der Waals surface area contributed by atoms with Gasteiger partial charge in [0.2, 0.25) is 0 Å². The van der Waals surface area contributed by atoms with Gasteiger partial charge in [-0.1, -0.05) is 0 Å². The van der Waals surface area contributed by atoms with Gasteiger partial charge in [-0.15, -0.1) is 0 Å². The van der Waals surface area contributed by atoms with Gasteiger partial charge in [-0.05, 0) is 6.92 Å². The highest BCUT2D eigenvalue weighted by Gasteiger charge is 2.59. The summed E-state index contributed by atoms with van der Waals surface area (Å²) >= 11 is 0. The van der Waals surface area contributed by atoms with Gasteiger partial charge in [0, 0.05) is 5.92 Å². The van der Waals surface area contributed by atoms with Gasteiger partial charge in [-0.2, -0.15) is 0 Å². The van der Waals surface area contributed by atoms with E-state index in [9.17, 15) is 117 Å². The zero-order valence-corrected chi connectivity index (χ0v) is 41.3. The molecule has 0 aromatic rings. The van der Waals surface area contributed by atoms with Gasteiger partial charge in [0.1, 0.15) is 146 Å². The molecule has 0 aromatic carbocycles. The molecule has 78 heavy (non-hydrogen) atoms. The molecule has 0 bridgehead atoms. The summed E-state index contributed by atoms with van der Waals surface area (Å²) in [5, 5.41) is 248. The number of hydrogen-bond acceptors (Lipinski definition) is 35. The van der Waals surface area contributed by atoms with Crippen LogP contribution >= 0.6 is 0 Å². The Labute approximate surface area is 441 Å². The van der Waals surface area contributed by atoms with Crippen molar-refractivity contribution in [2.75, 3.05) is 39.6 Å². The molecule has 36 atom stereocenters. The first kappa shape index (κ1) is 64.2. The number of aliphatic hydroxyl groups excluding tert-OH is 23. The van der Waals surface area contributed by atoms with E-state index in [0.29, 0.717) is 0 Å². The monoisotopic (exact) mass is 1150 g/mol. The number of aliphatic hydroxyl groups is 23. The van der Waals surface area contributed by atoms with Gasteiger partial charge in [-0.25, -0.2) is 0 Å². The highest BCUT2D eigenvalue weighted by molar-refractivity contribution is 5.07. The lowest BCUT2D eigenvalue weighted by Gasteiger charge is -2.51. The van der Waals surface area contributed by atoms with Crippen LogP contribution in [0.15, 0.2) is 0 Å². The van der Waals surface area contributed by atoms with Crippen LogP contribution in [0.4, 0.5) is 0 Å². The van der Waals surface area contributed by atoms with Crippen LogP contribution in [0.5, 0.6) is 0 Å². The zero-order valence-electron chi connectivity index (χ0n) is 41.3. The molecule has 35 nitrogen and oxygen atoms in total. The maximum absolute atomic E-state index is 11.4. The molecular formula is C43H75NO34. The molecule has 35 heteroatoms. The Bertz CT molecular complexity index is 1830. The van der Waals surface area contributed by atoms with Crippen molar-refractivity contribution in [2.24, 2.45) is 5.92 Å². The Morgan fingerprint density at radius 3 is 0.987 bits per heavy atom. The summed E-state index contributed by atoms with van der Waals surface area (Å²) in [6, 6.07) is -3.06. The summed E-state index contributed by atoms with van der Waals surface area (Å²) in [6.45, 7) is -4.35. The number of ether oxygens (including phenoxy) is 11. The normalized spacial score (nSPS) is 54.5. The lowest BCUT2D eigenvalue weighted by molar-refractivity contribution is -0.391. The maximum atomic E-state index is 11.4. The topological polar surface area (TPSA) is 579 Å². The summed E-state index contributed by atoms with van der Waals surface area (Å²) in [5.74, 6) is -1.49. The SMILES string of the molecule is C[C@H]1O[C@H](OC2[C@@H](CO)O[C@H](O[C@H]3[C@H](O)[C@@H](O)[C@@H](O[C@H]4[C@H](O)[C@@H](O)[C@@H](O[C@H]5[C@H](O)[C@@H](O)C(O)O[C@@H]5CO)O[C@@H]4CO)O[C@@H]3CO)[C@H](O)[C@H]2O)[C@H](O)[C@@H](O)[C@@H]1N[C@@H]1[C@H](O)[C@@H](O)[C@H](O[C@H]2O[C@H](CO)[C@@H](O)[C@H](O)[C@H]2O)[C@@H](CO)[C@H]1O. The Morgan fingerprint density at radius 1 is 0.282 bits per heavy atom. The number of nitrogens with one attached hydrogen (secondary N) is 1. The summed E-state index contributed by atoms with van der Waals surface area (Å²) < 4.78 is 61.2. The minimum absolute atomic E-state index is 0.835. The molecule has 1 saturated carbocycles. The summed E-state index contributed by atoms with van der Waals surface area (Å²) in [6.07, 6.45) is -61.9. The molecule has 24 N–H and O–H groups in total. The van der Waals surface area contributed by atoms with E-state index in [1.165, 1.54) is 6.92 Å². The maximum Gasteiger partial charge on any atom is 0.187 e. The minimum Gasteiger partial charge on any atom is -0.396 e. The molecule has 0 aromatic heterocycles. The Kier molecular flexibility index (Phi) is 22.3. The van der Waals surface area contributed by atoms with E-state index < -0.39 is 260 Å². The largest absolute Gasteiger partial charge is 0.396 e. The summed E-state index contributed by atoms with van der Waals surface area (Å²) in [4.78, 5) is 0. The molecule has 0 amide bonds. The standard InChI is InChI=1S/C43H75NO34/c1-8-15(44-16-17(51)9(2-45)33(22(56)20(16)54)74-40-29(63)21(55)18(52)10(3-46)70-40)19(53)28(62)39(68-8)75-35-12(5-48)71-42(30(64)24(35)58)77-37-14(7-50)73-43(32(66)26(37)60)78-36-13(6-49)72-41(31(65)25(36)59)76-34-11(4-47)69-38(67)27(61)23(34)57/h8-67H,2-7H2,1H3/t8-,9+,10-,11-,12-,13-,14-,15-,16+,17-,18-,19+,20+,21+,22-,23-,24-,25-,26-,27-,28-,29-,30-,31-,32-,33-,34-,35?,36-,37-,38?,39-,40-,41-,42-,43-/m1/s1. The van der Waals surface area contributed by atoms with Crippen molar-refractivity contribution in [3.8, 4) is 0 Å². The Morgan fingerprint density at radius 2 is 0.590 bits per heavy atom. The smallest absolute Gasteiger partial charge is 0.187 e. The van der Waals surface area contributed by atoms with Crippen molar-refractivity contribution in [1.82, 2.24) is 5.32 Å². The van der Waals surface area contributed by atoms with Crippen molar-refractivity contribution in [1.29, 1.82) is 0 Å². The second-order valence-corrected chi connectivity index (χ2v) is 20.3. The predicted octanol–water partition coefficient (Wildman–Crippen LogP) is -16.0. The van der Waals surface area contributed by atoms with Gasteiger partial charge < -0.3 is 175 Å². The van der Waals surface area contributed by atoms with Crippen LogP contribution in [-0.2, 0) is 52.1 Å². The molecule has 6 heterocycles. The molecule has 7 fully saturated rings. The third-order valence-electron chi connectivity index (χ3n) is 15.3. The molecule has 6 aliphatic heterocycles. The van der Waals surface area contributed by atoms with E-state index in [-0.39, 0.29) is 0 Å². The molecule has 7 aliphatic rings. The number of hydrogen-bond donors (Lipinski definition) is 24. The van der Waals surface area contributed by atoms with Crippen LogP contribution in [0, 0.1) is 5.92 Å². The van der Waals surface area contributed by atoms with Crippen molar-refractivity contribution in [2.45, 2.75) is 222 Å². The fraction of sp³-hybridized carbons (Fsp3) is 1.00. The first-order chi connectivity index (χ1) is 36.9. The second kappa shape index (κ2) is 27.1. The van der Waals surface area contributed by atoms with Crippen LogP contribution in [0.3, 0.4) is 0 Å². The van der Waals surface area contributed by atoms with Gasteiger partial charge in [0.05, 0.1) is 70.0 Å². The van der Waals surface area contributed by atoms with E-state index in [1.54, 1.807) is 0 Å². The highest BCUT2D eigenvalue weighted by atomic mass is 16.8. The quantitative estimate of drug-likeness (QED) is 0.0606.